The summed E-state index contributed by atoms with van der Waals surface area (Å²) in [7, 11) is -3.66. The lowest BCUT2D eigenvalue weighted by Gasteiger charge is -2.09. The highest BCUT2D eigenvalue weighted by Crippen LogP contribution is 2.19. The maximum Gasteiger partial charge on any atom is 0.221 e. The molecule has 0 saturated heterocycles. The zero-order valence-corrected chi connectivity index (χ0v) is 11.5. The summed E-state index contributed by atoms with van der Waals surface area (Å²) in [5.41, 5.74) is 0.978. The van der Waals surface area contributed by atoms with E-state index >= 15 is 0 Å². The Bertz CT molecular complexity index is 542. The third-order valence-corrected chi connectivity index (χ3v) is 4.03. The van der Waals surface area contributed by atoms with Crippen LogP contribution in [0.1, 0.15) is 19.4 Å². The van der Waals surface area contributed by atoms with Gasteiger partial charge in [0.1, 0.15) is 5.03 Å². The molecule has 0 bridgehead atoms. The van der Waals surface area contributed by atoms with Crippen LogP contribution in [0, 0.1) is 12.8 Å². The molecule has 5 heteroatoms. The Kier molecular flexibility index (Phi) is 4.67. The SMILES string of the molecule is Cc1ccc(S(=O)(=O)C(=CC(C)C)NC=O)cc1. The van der Waals surface area contributed by atoms with Gasteiger partial charge in [-0.25, -0.2) is 8.42 Å². The fourth-order valence-corrected chi connectivity index (χ4v) is 2.82. The molecule has 1 N–H and O–H groups in total. The van der Waals surface area contributed by atoms with Crippen LogP contribution in [0.25, 0.3) is 0 Å². The Morgan fingerprint density at radius 2 is 1.78 bits per heavy atom. The summed E-state index contributed by atoms with van der Waals surface area (Å²) in [4.78, 5) is 10.7. The third-order valence-electron chi connectivity index (χ3n) is 2.31. The molecule has 0 atom stereocenters. The number of hydrogen-bond donors (Lipinski definition) is 1. The third kappa shape index (κ3) is 3.43. The smallest absolute Gasteiger partial charge is 0.221 e. The molecule has 1 rings (SSSR count). The Morgan fingerprint density at radius 3 is 2.22 bits per heavy atom. The summed E-state index contributed by atoms with van der Waals surface area (Å²) in [6.07, 6.45) is 1.89. The first-order chi connectivity index (χ1) is 8.37. The van der Waals surface area contributed by atoms with Crippen LogP contribution in [0.15, 0.2) is 40.3 Å². The van der Waals surface area contributed by atoms with Crippen molar-refractivity contribution in [2.45, 2.75) is 25.7 Å². The maximum atomic E-state index is 12.3. The van der Waals surface area contributed by atoms with Gasteiger partial charge in [0.05, 0.1) is 4.90 Å². The van der Waals surface area contributed by atoms with Crippen LogP contribution in [0.2, 0.25) is 0 Å². The number of rotatable bonds is 5. The topological polar surface area (TPSA) is 63.2 Å². The van der Waals surface area contributed by atoms with Crippen LogP contribution in [0.5, 0.6) is 0 Å². The second-order valence-electron chi connectivity index (χ2n) is 4.35. The zero-order chi connectivity index (χ0) is 13.8. The molecule has 0 spiro atoms. The summed E-state index contributed by atoms with van der Waals surface area (Å²) < 4.78 is 24.6. The normalized spacial score (nSPS) is 12.6. The highest BCUT2D eigenvalue weighted by Gasteiger charge is 2.20. The van der Waals surface area contributed by atoms with Crippen LogP contribution in [0.4, 0.5) is 0 Å². The van der Waals surface area contributed by atoms with Crippen molar-refractivity contribution in [3.63, 3.8) is 0 Å². The first-order valence-electron chi connectivity index (χ1n) is 5.61. The molecule has 0 unspecified atom stereocenters. The molecule has 1 aromatic rings. The maximum absolute atomic E-state index is 12.3. The quantitative estimate of drug-likeness (QED) is 0.830. The van der Waals surface area contributed by atoms with Crippen molar-refractivity contribution in [2.75, 3.05) is 0 Å². The second-order valence-corrected chi connectivity index (χ2v) is 6.27. The van der Waals surface area contributed by atoms with Gasteiger partial charge in [-0.05, 0) is 31.1 Å². The second kappa shape index (κ2) is 5.82. The van der Waals surface area contributed by atoms with Crippen molar-refractivity contribution in [1.82, 2.24) is 5.32 Å². The monoisotopic (exact) mass is 267 g/mol. The fourth-order valence-electron chi connectivity index (χ4n) is 1.42. The van der Waals surface area contributed by atoms with Gasteiger partial charge >= 0.3 is 0 Å². The number of nitrogens with one attached hydrogen (secondary N) is 1. The molecule has 0 heterocycles. The molecule has 0 aliphatic carbocycles. The molecule has 98 valence electrons. The summed E-state index contributed by atoms with van der Waals surface area (Å²) in [6, 6.07) is 6.51. The number of sulfone groups is 1. The first kappa shape index (κ1) is 14.4. The van der Waals surface area contributed by atoms with E-state index in [-0.39, 0.29) is 15.8 Å². The van der Waals surface area contributed by atoms with E-state index in [0.717, 1.165) is 5.56 Å². The Morgan fingerprint density at radius 1 is 1.22 bits per heavy atom. The predicted octanol–water partition coefficient (Wildman–Crippen LogP) is 2.01. The lowest BCUT2D eigenvalue weighted by atomic mass is 10.2. The van der Waals surface area contributed by atoms with Crippen molar-refractivity contribution in [3.05, 3.63) is 40.9 Å². The average molecular weight is 267 g/mol. The van der Waals surface area contributed by atoms with Gasteiger partial charge in [-0.3, -0.25) is 4.79 Å². The summed E-state index contributed by atoms with van der Waals surface area (Å²) in [5.74, 6) is 0.0210. The number of hydrogen-bond acceptors (Lipinski definition) is 3. The number of aryl methyl sites for hydroxylation is 1. The fraction of sp³-hybridized carbons (Fsp3) is 0.308. The molecule has 1 amide bonds. The number of allylic oxidation sites excluding steroid dienone is 1. The highest BCUT2D eigenvalue weighted by atomic mass is 32.2. The van der Waals surface area contributed by atoms with Gasteiger partial charge in [0.2, 0.25) is 16.2 Å². The van der Waals surface area contributed by atoms with Gasteiger partial charge in [0.15, 0.2) is 0 Å². The first-order valence-corrected chi connectivity index (χ1v) is 7.10. The molecule has 4 nitrogen and oxygen atoms in total. The van der Waals surface area contributed by atoms with E-state index < -0.39 is 9.84 Å². The summed E-state index contributed by atoms with van der Waals surface area (Å²) in [6.45, 7) is 5.57. The highest BCUT2D eigenvalue weighted by molar-refractivity contribution is 7.95. The number of carbonyl (C=O) groups excluding carboxylic acids is 1. The van der Waals surface area contributed by atoms with Crippen molar-refractivity contribution in [1.29, 1.82) is 0 Å². The predicted molar refractivity (Wildman–Crippen MR) is 70.5 cm³/mol. The Balaban J connectivity index is 3.25. The molecule has 0 fully saturated rings. The van der Waals surface area contributed by atoms with Crippen molar-refractivity contribution in [2.24, 2.45) is 5.92 Å². The lowest BCUT2D eigenvalue weighted by Crippen LogP contribution is -2.20. The van der Waals surface area contributed by atoms with Gasteiger partial charge in [0, 0.05) is 0 Å². The number of amides is 1. The van der Waals surface area contributed by atoms with Crippen LogP contribution in [0.3, 0.4) is 0 Å². The summed E-state index contributed by atoms with van der Waals surface area (Å²) >= 11 is 0. The number of carbonyl (C=O) groups is 1. The van der Waals surface area contributed by atoms with Gasteiger partial charge in [-0.15, -0.1) is 0 Å². The van der Waals surface area contributed by atoms with Crippen LogP contribution < -0.4 is 5.32 Å². The minimum absolute atomic E-state index is 0.0210. The molecule has 18 heavy (non-hydrogen) atoms. The van der Waals surface area contributed by atoms with Gasteiger partial charge in [-0.2, -0.15) is 0 Å². The van der Waals surface area contributed by atoms with Crippen molar-refractivity contribution in [3.8, 4) is 0 Å². The van der Waals surface area contributed by atoms with Gasteiger partial charge in [-0.1, -0.05) is 31.5 Å². The van der Waals surface area contributed by atoms with Crippen molar-refractivity contribution >= 4 is 16.2 Å². The van der Waals surface area contributed by atoms with Gasteiger partial charge in [0.25, 0.3) is 0 Å². The largest absolute Gasteiger partial charge is 0.319 e. The average Bonchev–Trinajstić information content (AvgIpc) is 2.28. The zero-order valence-electron chi connectivity index (χ0n) is 10.7. The van der Waals surface area contributed by atoms with E-state index in [1.807, 2.05) is 20.8 Å². The standard InChI is InChI=1S/C13H17NO3S/c1-10(2)8-13(14-9-15)18(16,17)12-6-4-11(3)5-7-12/h4-10H,1-3H3,(H,14,15). The minimum Gasteiger partial charge on any atom is -0.319 e. The molecular formula is C13H17NO3S. The molecular weight excluding hydrogens is 250 g/mol. The van der Waals surface area contributed by atoms with E-state index in [1.54, 1.807) is 12.1 Å². The molecule has 0 aliphatic heterocycles. The molecule has 0 radical (unpaired) electrons. The van der Waals surface area contributed by atoms with Crippen molar-refractivity contribution < 1.29 is 13.2 Å². The Labute approximate surface area is 108 Å². The van der Waals surface area contributed by atoms with Crippen LogP contribution >= 0.6 is 0 Å². The number of benzene rings is 1. The van der Waals surface area contributed by atoms with Crippen LogP contribution in [-0.2, 0) is 14.6 Å². The molecule has 1 aromatic carbocycles. The van der Waals surface area contributed by atoms with E-state index in [4.69, 9.17) is 0 Å². The minimum atomic E-state index is -3.66. The molecule has 0 aromatic heterocycles. The molecule has 0 saturated carbocycles. The summed E-state index contributed by atoms with van der Waals surface area (Å²) in [5, 5.41) is 2.19. The van der Waals surface area contributed by atoms with E-state index in [2.05, 4.69) is 5.32 Å². The van der Waals surface area contributed by atoms with Gasteiger partial charge < -0.3 is 5.32 Å². The van der Waals surface area contributed by atoms with E-state index in [1.165, 1.54) is 18.2 Å². The molecule has 0 aliphatic rings. The van der Waals surface area contributed by atoms with Crippen LogP contribution in [-0.4, -0.2) is 14.8 Å². The Hall–Kier alpha value is -1.62. The van der Waals surface area contributed by atoms with E-state index in [9.17, 15) is 13.2 Å². The van der Waals surface area contributed by atoms with E-state index in [0.29, 0.717) is 6.41 Å². The lowest BCUT2D eigenvalue weighted by molar-refractivity contribution is -0.108.